The molecule has 93 valence electrons. The molecule has 0 saturated carbocycles. The molecule has 3 aliphatic rings. The fraction of sp³-hybridized carbons (Fsp3) is 0.688. The Morgan fingerprint density at radius 1 is 1.12 bits per heavy atom. The average molecular weight is 231 g/mol. The number of ether oxygens (including phenoxy) is 1. The number of hydrogen-bond donors (Lipinski definition) is 0. The molecule has 1 nitrogen and oxygen atoms in total. The van der Waals surface area contributed by atoms with Crippen LogP contribution in [0.2, 0.25) is 0 Å². The minimum Gasteiger partial charge on any atom is -0.380 e. The van der Waals surface area contributed by atoms with Gasteiger partial charge in [0.2, 0.25) is 0 Å². The SMILES string of the molecule is CCC1([C](C2=CCCC2)C2=CCCC2)COC1. The Morgan fingerprint density at radius 2 is 1.71 bits per heavy atom. The maximum Gasteiger partial charge on any atom is 0.0556 e. The third-order valence-corrected chi connectivity index (χ3v) is 4.69. The van der Waals surface area contributed by atoms with Crippen LogP contribution in [0.4, 0.5) is 0 Å². The van der Waals surface area contributed by atoms with Gasteiger partial charge in [-0.15, -0.1) is 0 Å². The molecule has 1 aliphatic heterocycles. The monoisotopic (exact) mass is 231 g/mol. The summed E-state index contributed by atoms with van der Waals surface area (Å²) in [6, 6.07) is 0. The summed E-state index contributed by atoms with van der Waals surface area (Å²) in [5.41, 5.74) is 3.68. The van der Waals surface area contributed by atoms with Gasteiger partial charge in [0.05, 0.1) is 13.2 Å². The molecule has 0 spiro atoms. The Bertz CT molecular complexity index is 317. The lowest BCUT2D eigenvalue weighted by Crippen LogP contribution is -2.48. The Labute approximate surface area is 105 Å². The van der Waals surface area contributed by atoms with E-state index in [-0.39, 0.29) is 0 Å². The van der Waals surface area contributed by atoms with Gasteiger partial charge in [-0.1, -0.05) is 30.2 Å². The van der Waals surface area contributed by atoms with Gasteiger partial charge >= 0.3 is 0 Å². The van der Waals surface area contributed by atoms with Crippen molar-refractivity contribution in [2.45, 2.75) is 51.9 Å². The zero-order chi connectivity index (χ0) is 11.7. The van der Waals surface area contributed by atoms with Gasteiger partial charge < -0.3 is 4.74 Å². The summed E-state index contributed by atoms with van der Waals surface area (Å²) in [4.78, 5) is 0. The summed E-state index contributed by atoms with van der Waals surface area (Å²) in [6.45, 7) is 4.23. The first-order valence-electron chi connectivity index (χ1n) is 7.20. The second-order valence-corrected chi connectivity index (χ2v) is 5.74. The average Bonchev–Trinajstić information content (AvgIpc) is 2.96. The second kappa shape index (κ2) is 4.61. The molecule has 0 aromatic heterocycles. The highest BCUT2D eigenvalue weighted by atomic mass is 16.5. The largest absolute Gasteiger partial charge is 0.380 e. The predicted octanol–water partition coefficient (Wildman–Crippen LogP) is 4.21. The number of allylic oxidation sites excluding steroid dienone is 4. The molecule has 1 heteroatoms. The van der Waals surface area contributed by atoms with Crippen LogP contribution < -0.4 is 0 Å². The van der Waals surface area contributed by atoms with E-state index in [4.69, 9.17) is 4.74 Å². The summed E-state index contributed by atoms with van der Waals surface area (Å²) in [5, 5.41) is 0. The van der Waals surface area contributed by atoms with Gasteiger partial charge in [-0.05, 0) is 44.9 Å². The van der Waals surface area contributed by atoms with Crippen molar-refractivity contribution in [1.82, 2.24) is 0 Å². The van der Waals surface area contributed by atoms with E-state index in [0.29, 0.717) is 5.41 Å². The van der Waals surface area contributed by atoms with E-state index in [0.717, 1.165) is 13.2 Å². The lowest BCUT2D eigenvalue weighted by Gasteiger charge is -2.48. The van der Waals surface area contributed by atoms with Crippen LogP contribution in [0.15, 0.2) is 23.3 Å². The highest BCUT2D eigenvalue weighted by Crippen LogP contribution is 2.52. The van der Waals surface area contributed by atoms with Crippen molar-refractivity contribution in [2.24, 2.45) is 5.41 Å². The molecule has 1 saturated heterocycles. The lowest BCUT2D eigenvalue weighted by molar-refractivity contribution is -0.100. The molecule has 0 aromatic carbocycles. The molecule has 0 bridgehead atoms. The van der Waals surface area contributed by atoms with E-state index in [2.05, 4.69) is 19.1 Å². The predicted molar refractivity (Wildman–Crippen MR) is 70.7 cm³/mol. The molecule has 0 amide bonds. The van der Waals surface area contributed by atoms with Crippen molar-refractivity contribution < 1.29 is 4.74 Å². The van der Waals surface area contributed by atoms with Crippen molar-refractivity contribution in [1.29, 1.82) is 0 Å². The maximum absolute atomic E-state index is 5.55. The van der Waals surface area contributed by atoms with Crippen LogP contribution in [0.25, 0.3) is 0 Å². The molecule has 1 heterocycles. The number of hydrogen-bond acceptors (Lipinski definition) is 1. The zero-order valence-electron chi connectivity index (χ0n) is 10.9. The third-order valence-electron chi connectivity index (χ3n) is 4.69. The van der Waals surface area contributed by atoms with Crippen molar-refractivity contribution >= 4 is 0 Å². The van der Waals surface area contributed by atoms with Crippen LogP contribution >= 0.6 is 0 Å². The first kappa shape index (κ1) is 11.5. The summed E-state index contributed by atoms with van der Waals surface area (Å²) in [5.74, 6) is 1.70. The molecule has 17 heavy (non-hydrogen) atoms. The first-order valence-corrected chi connectivity index (χ1v) is 7.20. The molecule has 3 rings (SSSR count). The second-order valence-electron chi connectivity index (χ2n) is 5.74. The Balaban J connectivity index is 1.90. The maximum atomic E-state index is 5.55. The smallest absolute Gasteiger partial charge is 0.0556 e. The van der Waals surface area contributed by atoms with E-state index >= 15 is 0 Å². The van der Waals surface area contributed by atoms with Gasteiger partial charge in [0.15, 0.2) is 0 Å². The third kappa shape index (κ3) is 1.89. The quantitative estimate of drug-likeness (QED) is 0.704. The molecule has 2 aliphatic carbocycles. The van der Waals surface area contributed by atoms with Crippen LogP contribution in [0, 0.1) is 11.3 Å². The first-order chi connectivity index (χ1) is 8.36. The van der Waals surface area contributed by atoms with Crippen LogP contribution in [0.1, 0.15) is 51.9 Å². The van der Waals surface area contributed by atoms with Crippen LogP contribution in [0.5, 0.6) is 0 Å². The van der Waals surface area contributed by atoms with Crippen molar-refractivity contribution in [3.63, 3.8) is 0 Å². The topological polar surface area (TPSA) is 9.23 Å². The van der Waals surface area contributed by atoms with E-state index in [1.54, 1.807) is 17.1 Å². The van der Waals surface area contributed by atoms with E-state index in [1.807, 2.05) is 0 Å². The van der Waals surface area contributed by atoms with Crippen LogP contribution in [-0.4, -0.2) is 13.2 Å². The Hall–Kier alpha value is -0.560. The van der Waals surface area contributed by atoms with Gasteiger partial charge in [-0.2, -0.15) is 0 Å². The summed E-state index contributed by atoms with van der Waals surface area (Å²) in [6.07, 6.45) is 14.1. The molecular formula is C16H23O. The highest BCUT2D eigenvalue weighted by molar-refractivity contribution is 5.48. The number of rotatable bonds is 4. The van der Waals surface area contributed by atoms with Gasteiger partial charge in [-0.25, -0.2) is 0 Å². The van der Waals surface area contributed by atoms with Crippen LogP contribution in [-0.2, 0) is 4.74 Å². The summed E-state index contributed by atoms with van der Waals surface area (Å²) >= 11 is 0. The molecule has 1 fully saturated rings. The Kier molecular flexibility index (Phi) is 3.12. The summed E-state index contributed by atoms with van der Waals surface area (Å²) in [7, 11) is 0. The minimum absolute atomic E-state index is 0.367. The normalized spacial score (nSPS) is 26.9. The van der Waals surface area contributed by atoms with Crippen molar-refractivity contribution in [2.75, 3.05) is 13.2 Å². The molecule has 0 aromatic rings. The van der Waals surface area contributed by atoms with E-state index in [1.165, 1.54) is 44.9 Å². The highest BCUT2D eigenvalue weighted by Gasteiger charge is 2.47. The van der Waals surface area contributed by atoms with E-state index in [9.17, 15) is 0 Å². The molecule has 0 unspecified atom stereocenters. The molecule has 0 N–H and O–H groups in total. The minimum atomic E-state index is 0.367. The van der Waals surface area contributed by atoms with Crippen molar-refractivity contribution in [3.8, 4) is 0 Å². The van der Waals surface area contributed by atoms with Gasteiger partial charge in [0, 0.05) is 11.3 Å². The van der Waals surface area contributed by atoms with Gasteiger partial charge in [0.25, 0.3) is 0 Å². The molecule has 0 atom stereocenters. The molecule has 1 radical (unpaired) electrons. The Morgan fingerprint density at radius 3 is 2.00 bits per heavy atom. The molecular weight excluding hydrogens is 208 g/mol. The van der Waals surface area contributed by atoms with E-state index < -0.39 is 0 Å². The zero-order valence-corrected chi connectivity index (χ0v) is 10.9. The van der Waals surface area contributed by atoms with Gasteiger partial charge in [0.1, 0.15) is 0 Å². The fourth-order valence-electron chi connectivity index (χ4n) is 3.56. The fourth-order valence-corrected chi connectivity index (χ4v) is 3.56. The lowest BCUT2D eigenvalue weighted by atomic mass is 9.65. The van der Waals surface area contributed by atoms with Gasteiger partial charge in [-0.3, -0.25) is 0 Å². The standard InChI is InChI=1S/C16H23O/c1-2-16(11-17-12-16)15(13-7-3-4-8-13)14-9-5-6-10-14/h7,9H,2-6,8,10-12H2,1H3. The van der Waals surface area contributed by atoms with Crippen molar-refractivity contribution in [3.05, 3.63) is 29.2 Å². The summed E-state index contributed by atoms with van der Waals surface area (Å²) < 4.78 is 5.55. The van der Waals surface area contributed by atoms with Crippen LogP contribution in [0.3, 0.4) is 0 Å².